The van der Waals surface area contributed by atoms with E-state index in [9.17, 15) is 9.59 Å². The normalized spacial score (nSPS) is 16.6. The third kappa shape index (κ3) is 3.40. The van der Waals surface area contributed by atoms with Crippen molar-refractivity contribution in [3.63, 3.8) is 0 Å². The van der Waals surface area contributed by atoms with Crippen LogP contribution in [0.25, 0.3) is 10.9 Å². The van der Waals surface area contributed by atoms with E-state index >= 15 is 0 Å². The highest BCUT2D eigenvalue weighted by atomic mass is 32.1. The molecule has 3 aromatic rings. The molecule has 1 aliphatic rings. The molecule has 2 heterocycles. The van der Waals surface area contributed by atoms with Gasteiger partial charge in [0, 0.05) is 24.7 Å². The van der Waals surface area contributed by atoms with E-state index in [-0.39, 0.29) is 17.5 Å². The van der Waals surface area contributed by atoms with Crippen molar-refractivity contribution < 1.29 is 4.79 Å². The first-order chi connectivity index (χ1) is 13.6. The summed E-state index contributed by atoms with van der Waals surface area (Å²) in [6.07, 6.45) is 2.89. The molecule has 2 aromatic carbocycles. The van der Waals surface area contributed by atoms with Gasteiger partial charge in [0.05, 0.1) is 10.9 Å². The van der Waals surface area contributed by atoms with Crippen molar-refractivity contribution in [1.29, 1.82) is 0 Å². The lowest BCUT2D eigenvalue weighted by molar-refractivity contribution is 0.0736. The number of nitrogens with one attached hydrogen (secondary N) is 1. The maximum atomic E-state index is 13.2. The van der Waals surface area contributed by atoms with Crippen LogP contribution in [0.2, 0.25) is 0 Å². The van der Waals surface area contributed by atoms with Crippen LogP contribution in [-0.4, -0.2) is 32.9 Å². The summed E-state index contributed by atoms with van der Waals surface area (Å²) in [5.74, 6) is 0.0133. The Morgan fingerprint density at radius 3 is 2.75 bits per heavy atom. The first kappa shape index (κ1) is 18.6. The minimum atomic E-state index is -0.122. The summed E-state index contributed by atoms with van der Waals surface area (Å²) in [6, 6.07) is 15.7. The number of aromatic nitrogens is 2. The Labute approximate surface area is 168 Å². The quantitative estimate of drug-likeness (QED) is 0.684. The lowest BCUT2D eigenvalue weighted by Crippen LogP contribution is -2.36. The first-order valence-electron chi connectivity index (χ1n) is 9.70. The number of amides is 1. The van der Waals surface area contributed by atoms with E-state index in [1.165, 1.54) is 10.1 Å². The van der Waals surface area contributed by atoms with Gasteiger partial charge in [0.25, 0.3) is 11.5 Å². The smallest absolute Gasteiger partial charge is 0.262 e. The molecule has 0 saturated carbocycles. The molecule has 1 saturated heterocycles. The van der Waals surface area contributed by atoms with Crippen molar-refractivity contribution in [2.24, 2.45) is 0 Å². The fraction of sp³-hybridized carbons (Fsp3) is 0.318. The number of carbonyl (C=O) groups is 1. The van der Waals surface area contributed by atoms with Crippen molar-refractivity contribution in [3.8, 4) is 0 Å². The van der Waals surface area contributed by atoms with Gasteiger partial charge in [-0.1, -0.05) is 30.3 Å². The molecule has 1 aromatic heterocycles. The Morgan fingerprint density at radius 1 is 1.21 bits per heavy atom. The van der Waals surface area contributed by atoms with Crippen molar-refractivity contribution >= 4 is 29.0 Å². The maximum Gasteiger partial charge on any atom is 0.262 e. The van der Waals surface area contributed by atoms with E-state index < -0.39 is 0 Å². The van der Waals surface area contributed by atoms with Crippen molar-refractivity contribution in [3.05, 3.63) is 74.8 Å². The fourth-order valence-electron chi connectivity index (χ4n) is 4.04. The van der Waals surface area contributed by atoms with Crippen LogP contribution in [0, 0.1) is 4.77 Å². The molecule has 0 spiro atoms. The second kappa shape index (κ2) is 7.72. The van der Waals surface area contributed by atoms with Crippen LogP contribution >= 0.6 is 12.2 Å². The second-order valence-corrected chi connectivity index (χ2v) is 7.61. The van der Waals surface area contributed by atoms with E-state index in [0.29, 0.717) is 27.8 Å². The predicted octanol–water partition coefficient (Wildman–Crippen LogP) is 3.93. The third-order valence-corrected chi connectivity index (χ3v) is 5.82. The van der Waals surface area contributed by atoms with Gasteiger partial charge in [-0.05, 0) is 62.2 Å². The Hall–Kier alpha value is -2.73. The van der Waals surface area contributed by atoms with Gasteiger partial charge < -0.3 is 9.88 Å². The van der Waals surface area contributed by atoms with Gasteiger partial charge in [0.2, 0.25) is 0 Å². The fourth-order valence-corrected chi connectivity index (χ4v) is 4.36. The molecule has 1 N–H and O–H groups in total. The molecule has 1 unspecified atom stereocenters. The van der Waals surface area contributed by atoms with Crippen molar-refractivity contribution in [2.45, 2.75) is 38.8 Å². The van der Waals surface area contributed by atoms with Crippen LogP contribution < -0.4 is 5.56 Å². The summed E-state index contributed by atoms with van der Waals surface area (Å²) in [4.78, 5) is 30.8. The molecule has 28 heavy (non-hydrogen) atoms. The number of likely N-dealkylation sites (tertiary alicyclic amines) is 1. The number of rotatable bonds is 4. The zero-order valence-corrected chi connectivity index (χ0v) is 16.7. The third-order valence-electron chi connectivity index (χ3n) is 5.50. The summed E-state index contributed by atoms with van der Waals surface area (Å²) in [7, 11) is 0. The average Bonchev–Trinajstić information content (AvgIpc) is 3.16. The number of hydrogen-bond acceptors (Lipinski definition) is 3. The topological polar surface area (TPSA) is 58.1 Å². The van der Waals surface area contributed by atoms with E-state index in [4.69, 9.17) is 12.2 Å². The van der Waals surface area contributed by atoms with Crippen LogP contribution in [0.3, 0.4) is 0 Å². The van der Waals surface area contributed by atoms with E-state index in [0.717, 1.165) is 25.8 Å². The van der Waals surface area contributed by atoms with Crippen LogP contribution in [0.5, 0.6) is 0 Å². The molecule has 6 heteroatoms. The summed E-state index contributed by atoms with van der Waals surface area (Å²) in [5.41, 5.74) is 2.33. The zero-order chi connectivity index (χ0) is 19.7. The number of aromatic amines is 1. The van der Waals surface area contributed by atoms with Gasteiger partial charge in [0.15, 0.2) is 4.77 Å². The molecule has 1 atom stereocenters. The molecule has 0 bridgehead atoms. The van der Waals surface area contributed by atoms with Gasteiger partial charge in [-0.25, -0.2) is 0 Å². The maximum absolute atomic E-state index is 13.2. The molecular formula is C22H23N3O2S. The zero-order valence-electron chi connectivity index (χ0n) is 15.9. The summed E-state index contributed by atoms with van der Waals surface area (Å²) in [5, 5.41) is 0.550. The highest BCUT2D eigenvalue weighted by Crippen LogP contribution is 2.24. The second-order valence-electron chi connectivity index (χ2n) is 7.22. The van der Waals surface area contributed by atoms with Gasteiger partial charge in [-0.15, -0.1) is 0 Å². The molecule has 1 fully saturated rings. The Morgan fingerprint density at radius 2 is 2.00 bits per heavy atom. The SMILES string of the molecule is CCn1c(=S)[nH]c2cc(C(=O)N3CCCC3Cc3ccccc3)ccc2c1=O. The standard InChI is InChI=1S/C22H23N3O2S/c1-2-24-21(27)18-11-10-16(14-19(18)23-22(24)28)20(26)25-12-6-9-17(25)13-15-7-4-3-5-8-15/h3-5,7-8,10-11,14,17H,2,6,9,12-13H2,1H3,(H,23,28). The molecule has 5 nitrogen and oxygen atoms in total. The summed E-state index contributed by atoms with van der Waals surface area (Å²) < 4.78 is 1.91. The molecule has 1 aliphatic heterocycles. The van der Waals surface area contributed by atoms with Gasteiger partial charge in [-0.3, -0.25) is 14.2 Å². The average molecular weight is 394 g/mol. The molecule has 0 aliphatic carbocycles. The monoisotopic (exact) mass is 393 g/mol. The Bertz CT molecular complexity index is 1130. The number of carbonyl (C=O) groups excluding carboxylic acids is 1. The Balaban J connectivity index is 1.64. The number of fused-ring (bicyclic) bond motifs is 1. The minimum Gasteiger partial charge on any atom is -0.335 e. The van der Waals surface area contributed by atoms with Crippen molar-refractivity contribution in [1.82, 2.24) is 14.5 Å². The van der Waals surface area contributed by atoms with E-state index in [1.54, 1.807) is 18.2 Å². The van der Waals surface area contributed by atoms with E-state index in [2.05, 4.69) is 17.1 Å². The number of hydrogen-bond donors (Lipinski definition) is 1. The van der Waals surface area contributed by atoms with Crippen LogP contribution in [0.4, 0.5) is 0 Å². The molecule has 4 rings (SSSR count). The lowest BCUT2D eigenvalue weighted by Gasteiger charge is -2.25. The number of nitrogens with zero attached hydrogens (tertiary/aromatic N) is 2. The van der Waals surface area contributed by atoms with Gasteiger partial charge >= 0.3 is 0 Å². The molecular weight excluding hydrogens is 370 g/mol. The van der Waals surface area contributed by atoms with Crippen LogP contribution in [0.1, 0.15) is 35.7 Å². The first-order valence-corrected chi connectivity index (χ1v) is 10.1. The van der Waals surface area contributed by atoms with E-state index in [1.807, 2.05) is 30.0 Å². The van der Waals surface area contributed by atoms with Crippen LogP contribution in [0.15, 0.2) is 53.3 Å². The Kier molecular flexibility index (Phi) is 5.13. The largest absolute Gasteiger partial charge is 0.335 e. The predicted molar refractivity (Wildman–Crippen MR) is 113 cm³/mol. The number of H-pyrrole nitrogens is 1. The van der Waals surface area contributed by atoms with Crippen molar-refractivity contribution in [2.75, 3.05) is 6.54 Å². The molecule has 0 radical (unpaired) electrons. The van der Waals surface area contributed by atoms with Gasteiger partial charge in [0.1, 0.15) is 0 Å². The summed E-state index contributed by atoms with van der Waals surface area (Å²) in [6.45, 7) is 3.16. The molecule has 144 valence electrons. The minimum absolute atomic E-state index is 0.0133. The summed E-state index contributed by atoms with van der Waals surface area (Å²) >= 11 is 5.29. The molecule has 1 amide bonds. The van der Waals surface area contributed by atoms with Gasteiger partial charge in [-0.2, -0.15) is 0 Å². The number of benzene rings is 2. The highest BCUT2D eigenvalue weighted by Gasteiger charge is 2.29. The van der Waals surface area contributed by atoms with Crippen LogP contribution in [-0.2, 0) is 13.0 Å². The lowest BCUT2D eigenvalue weighted by atomic mass is 10.0. The highest BCUT2D eigenvalue weighted by molar-refractivity contribution is 7.71.